The molecule has 2 rings (SSSR count). The highest BCUT2D eigenvalue weighted by Crippen LogP contribution is 2.25. The monoisotopic (exact) mass is 402 g/mol. The van der Waals surface area contributed by atoms with Gasteiger partial charge >= 0.3 is 0 Å². The molecule has 0 unspecified atom stereocenters. The van der Waals surface area contributed by atoms with Crippen molar-refractivity contribution in [2.24, 2.45) is 0 Å². The van der Waals surface area contributed by atoms with Gasteiger partial charge in [0.05, 0.1) is 13.2 Å². The van der Waals surface area contributed by atoms with Gasteiger partial charge in [-0.1, -0.05) is 37.6 Å². The lowest BCUT2D eigenvalue weighted by Gasteiger charge is -2.26. The van der Waals surface area contributed by atoms with Crippen LogP contribution in [-0.4, -0.2) is 50.2 Å². The second-order valence-electron chi connectivity index (χ2n) is 7.02. The van der Waals surface area contributed by atoms with Gasteiger partial charge in [0.1, 0.15) is 0 Å². The third kappa shape index (κ3) is 8.26. The molecular formula is C20H32Cl2N2O2. The minimum Gasteiger partial charge on any atom is -0.379 e. The van der Waals surface area contributed by atoms with Crippen molar-refractivity contribution < 1.29 is 9.53 Å². The Morgan fingerprint density at radius 1 is 1.27 bits per heavy atom. The lowest BCUT2D eigenvalue weighted by Crippen LogP contribution is -2.38. The van der Waals surface area contributed by atoms with E-state index in [2.05, 4.69) is 36.2 Å². The number of morpholine rings is 1. The summed E-state index contributed by atoms with van der Waals surface area (Å²) in [6.07, 6.45) is 3.31. The van der Waals surface area contributed by atoms with E-state index in [4.69, 9.17) is 16.3 Å². The van der Waals surface area contributed by atoms with Crippen molar-refractivity contribution in [1.29, 1.82) is 0 Å². The number of carbonyl (C=O) groups excluding carboxylic acids is 1. The van der Waals surface area contributed by atoms with Crippen molar-refractivity contribution >= 4 is 29.9 Å². The van der Waals surface area contributed by atoms with Gasteiger partial charge in [0.15, 0.2) is 0 Å². The van der Waals surface area contributed by atoms with E-state index >= 15 is 0 Å². The summed E-state index contributed by atoms with van der Waals surface area (Å²) in [5.74, 6) is 0.580. The average molecular weight is 403 g/mol. The summed E-state index contributed by atoms with van der Waals surface area (Å²) in [5.41, 5.74) is 2.39. The summed E-state index contributed by atoms with van der Waals surface area (Å²) in [6, 6.07) is 6.27. The van der Waals surface area contributed by atoms with Crippen LogP contribution >= 0.6 is 24.0 Å². The normalized spacial score (nSPS) is 14.9. The molecule has 1 amide bonds. The van der Waals surface area contributed by atoms with Crippen molar-refractivity contribution in [2.45, 2.75) is 45.4 Å². The Balaban J connectivity index is 0.00000338. The number of hydrogen-bond donors (Lipinski definition) is 1. The van der Waals surface area contributed by atoms with E-state index < -0.39 is 0 Å². The molecule has 1 fully saturated rings. The highest BCUT2D eigenvalue weighted by Gasteiger charge is 2.10. The van der Waals surface area contributed by atoms with Crippen LogP contribution in [0.4, 0.5) is 0 Å². The topological polar surface area (TPSA) is 41.6 Å². The van der Waals surface area contributed by atoms with Crippen molar-refractivity contribution in [3.8, 4) is 0 Å². The fourth-order valence-electron chi connectivity index (χ4n) is 3.09. The molecule has 0 bridgehead atoms. The van der Waals surface area contributed by atoms with Crippen LogP contribution in [-0.2, 0) is 16.0 Å². The Morgan fingerprint density at radius 3 is 2.65 bits per heavy atom. The molecule has 1 N–H and O–H groups in total. The molecule has 1 heterocycles. The molecule has 1 saturated heterocycles. The Bertz CT molecular complexity index is 547. The van der Waals surface area contributed by atoms with Gasteiger partial charge in [-0.05, 0) is 48.9 Å². The minimum absolute atomic E-state index is 0. The number of carbonyl (C=O) groups is 1. The van der Waals surface area contributed by atoms with E-state index in [9.17, 15) is 4.79 Å². The molecule has 0 radical (unpaired) electrons. The standard InChI is InChI=1S/C20H31ClN2O2.ClH/c1-16(2)18-8-7-17(15-19(18)21)5-3-6-20(24)22-9-4-10-23-11-13-25-14-12-23;/h7-8,15-16H,3-6,9-14H2,1-2H3,(H,22,24);1H. The fraction of sp³-hybridized carbons (Fsp3) is 0.650. The number of aryl methyl sites for hydroxylation is 1. The van der Waals surface area contributed by atoms with Gasteiger partial charge in [-0.3, -0.25) is 9.69 Å². The van der Waals surface area contributed by atoms with Crippen LogP contribution in [0.25, 0.3) is 0 Å². The SMILES string of the molecule is CC(C)c1ccc(CCCC(=O)NCCCN2CCOCC2)cc1Cl.Cl. The third-order valence-corrected chi connectivity index (χ3v) is 4.96. The number of hydrogen-bond acceptors (Lipinski definition) is 3. The lowest BCUT2D eigenvalue weighted by molar-refractivity contribution is -0.121. The average Bonchev–Trinajstić information content (AvgIpc) is 2.59. The second kappa shape index (κ2) is 12.6. The predicted molar refractivity (Wildman–Crippen MR) is 111 cm³/mol. The molecule has 1 aromatic carbocycles. The molecule has 1 aliphatic heterocycles. The Kier molecular flexibility index (Phi) is 11.2. The molecule has 0 spiro atoms. The van der Waals surface area contributed by atoms with E-state index in [-0.39, 0.29) is 18.3 Å². The maximum Gasteiger partial charge on any atom is 0.220 e. The molecule has 0 saturated carbocycles. The largest absolute Gasteiger partial charge is 0.379 e. The van der Waals surface area contributed by atoms with Crippen LogP contribution in [0.1, 0.15) is 50.2 Å². The van der Waals surface area contributed by atoms with E-state index in [1.165, 1.54) is 11.1 Å². The first-order valence-corrected chi connectivity index (χ1v) is 9.79. The summed E-state index contributed by atoms with van der Waals surface area (Å²) < 4.78 is 5.33. The van der Waals surface area contributed by atoms with Gasteiger partial charge < -0.3 is 10.1 Å². The number of rotatable bonds is 9. The molecule has 6 heteroatoms. The number of halogens is 2. The lowest BCUT2D eigenvalue weighted by atomic mass is 9.99. The molecular weight excluding hydrogens is 371 g/mol. The summed E-state index contributed by atoms with van der Waals surface area (Å²) >= 11 is 6.32. The van der Waals surface area contributed by atoms with Crippen molar-refractivity contribution in [3.63, 3.8) is 0 Å². The van der Waals surface area contributed by atoms with Crippen molar-refractivity contribution in [1.82, 2.24) is 10.2 Å². The van der Waals surface area contributed by atoms with Gasteiger partial charge in [0.2, 0.25) is 5.91 Å². The zero-order chi connectivity index (χ0) is 18.1. The molecule has 26 heavy (non-hydrogen) atoms. The van der Waals surface area contributed by atoms with Crippen LogP contribution in [0.2, 0.25) is 5.02 Å². The van der Waals surface area contributed by atoms with Crippen LogP contribution in [0.3, 0.4) is 0 Å². The van der Waals surface area contributed by atoms with Crippen molar-refractivity contribution in [2.75, 3.05) is 39.4 Å². The summed E-state index contributed by atoms with van der Waals surface area (Å²) in [5, 5.41) is 3.85. The fourth-order valence-corrected chi connectivity index (χ4v) is 3.51. The van der Waals surface area contributed by atoms with Gasteiger partial charge in [-0.25, -0.2) is 0 Å². The Morgan fingerprint density at radius 2 is 2.00 bits per heavy atom. The highest BCUT2D eigenvalue weighted by atomic mass is 35.5. The molecule has 0 atom stereocenters. The van der Waals surface area contributed by atoms with Gasteiger partial charge in [0.25, 0.3) is 0 Å². The van der Waals surface area contributed by atoms with Gasteiger partial charge in [-0.15, -0.1) is 12.4 Å². The first kappa shape index (κ1) is 23.2. The van der Waals surface area contributed by atoms with E-state index in [1.807, 2.05) is 6.07 Å². The molecule has 0 aromatic heterocycles. The minimum atomic E-state index is 0. The Labute approximate surface area is 169 Å². The highest BCUT2D eigenvalue weighted by molar-refractivity contribution is 6.31. The quantitative estimate of drug-likeness (QED) is 0.633. The maximum atomic E-state index is 11.9. The number of nitrogens with zero attached hydrogens (tertiary/aromatic N) is 1. The predicted octanol–water partition coefficient (Wildman–Crippen LogP) is 4.05. The zero-order valence-electron chi connectivity index (χ0n) is 15.9. The smallest absolute Gasteiger partial charge is 0.220 e. The molecule has 1 aliphatic rings. The van der Waals surface area contributed by atoms with Crippen LogP contribution < -0.4 is 5.32 Å². The summed E-state index contributed by atoms with van der Waals surface area (Å²) in [6.45, 7) is 9.74. The summed E-state index contributed by atoms with van der Waals surface area (Å²) in [7, 11) is 0. The van der Waals surface area contributed by atoms with Crippen LogP contribution in [0.15, 0.2) is 18.2 Å². The maximum absolute atomic E-state index is 11.9. The number of ether oxygens (including phenoxy) is 1. The molecule has 148 valence electrons. The second-order valence-corrected chi connectivity index (χ2v) is 7.43. The number of nitrogens with one attached hydrogen (secondary N) is 1. The molecule has 1 aromatic rings. The zero-order valence-corrected chi connectivity index (χ0v) is 17.5. The van der Waals surface area contributed by atoms with Gasteiger partial charge in [0, 0.05) is 31.1 Å². The molecule has 4 nitrogen and oxygen atoms in total. The Hall–Kier alpha value is -0.810. The number of amides is 1. The molecule has 0 aliphatic carbocycles. The summed E-state index contributed by atoms with van der Waals surface area (Å²) in [4.78, 5) is 14.3. The van der Waals surface area contributed by atoms with Crippen LogP contribution in [0.5, 0.6) is 0 Å². The van der Waals surface area contributed by atoms with Crippen LogP contribution in [0, 0.1) is 0 Å². The first-order valence-electron chi connectivity index (χ1n) is 9.41. The van der Waals surface area contributed by atoms with E-state index in [1.54, 1.807) is 0 Å². The van der Waals surface area contributed by atoms with E-state index in [0.717, 1.165) is 63.7 Å². The number of benzene rings is 1. The first-order chi connectivity index (χ1) is 12.1. The van der Waals surface area contributed by atoms with Crippen molar-refractivity contribution in [3.05, 3.63) is 34.3 Å². The third-order valence-electron chi connectivity index (χ3n) is 4.63. The van der Waals surface area contributed by atoms with Gasteiger partial charge in [-0.2, -0.15) is 0 Å². The van der Waals surface area contributed by atoms with E-state index in [0.29, 0.717) is 12.3 Å².